The Bertz CT molecular complexity index is 848. The van der Waals surface area contributed by atoms with E-state index in [2.05, 4.69) is 47.2 Å². The van der Waals surface area contributed by atoms with Gasteiger partial charge in [-0.15, -0.1) is 0 Å². The zero-order chi connectivity index (χ0) is 18.8. The van der Waals surface area contributed by atoms with Gasteiger partial charge in [0.15, 0.2) is 11.5 Å². The number of hydrogen-bond acceptors (Lipinski definition) is 3. The maximum absolute atomic E-state index is 12.3. The number of amides is 1. The number of carbonyl (C=O) groups excluding carboxylic acids is 1. The summed E-state index contributed by atoms with van der Waals surface area (Å²) >= 11 is 3.61. The molecule has 4 nitrogen and oxygen atoms in total. The van der Waals surface area contributed by atoms with E-state index < -0.39 is 0 Å². The second kappa shape index (κ2) is 7.70. The molecule has 1 heterocycles. The maximum atomic E-state index is 12.3. The van der Waals surface area contributed by atoms with E-state index in [0.29, 0.717) is 31.1 Å². The third kappa shape index (κ3) is 3.58. The van der Waals surface area contributed by atoms with Crippen molar-refractivity contribution in [1.29, 1.82) is 0 Å². The van der Waals surface area contributed by atoms with E-state index in [0.717, 1.165) is 21.3 Å². The number of rotatable bonds is 5. The molecule has 3 rings (SSSR count). The summed E-state index contributed by atoms with van der Waals surface area (Å²) in [6, 6.07) is 8.28. The van der Waals surface area contributed by atoms with Crippen molar-refractivity contribution < 1.29 is 14.3 Å². The molecule has 0 aliphatic carbocycles. The van der Waals surface area contributed by atoms with Crippen LogP contribution in [0.2, 0.25) is 0 Å². The van der Waals surface area contributed by atoms with E-state index >= 15 is 0 Å². The van der Waals surface area contributed by atoms with Crippen LogP contribution in [-0.2, 0) is 4.79 Å². The van der Waals surface area contributed by atoms with Gasteiger partial charge in [0.2, 0.25) is 5.91 Å². The van der Waals surface area contributed by atoms with Gasteiger partial charge in [-0.05, 0) is 84.1 Å². The SMILES string of the molecule is CCOc1cc(C2CC(=O)Nc3cc(C)c(C)cc32)cc(Br)c1OCC. The van der Waals surface area contributed by atoms with Crippen LogP contribution in [0.25, 0.3) is 0 Å². The first-order valence-electron chi connectivity index (χ1n) is 8.94. The Morgan fingerprint density at radius 3 is 2.46 bits per heavy atom. The predicted molar refractivity (Wildman–Crippen MR) is 107 cm³/mol. The smallest absolute Gasteiger partial charge is 0.225 e. The summed E-state index contributed by atoms with van der Waals surface area (Å²) in [7, 11) is 0. The minimum absolute atomic E-state index is 0.00997. The zero-order valence-electron chi connectivity index (χ0n) is 15.6. The van der Waals surface area contributed by atoms with Crippen LogP contribution in [0.4, 0.5) is 5.69 Å². The highest BCUT2D eigenvalue weighted by molar-refractivity contribution is 9.10. The first kappa shape index (κ1) is 18.8. The highest BCUT2D eigenvalue weighted by atomic mass is 79.9. The van der Waals surface area contributed by atoms with Gasteiger partial charge in [-0.2, -0.15) is 0 Å². The molecule has 1 atom stereocenters. The van der Waals surface area contributed by atoms with Gasteiger partial charge < -0.3 is 14.8 Å². The van der Waals surface area contributed by atoms with Crippen LogP contribution in [0, 0.1) is 13.8 Å². The molecule has 0 aromatic heterocycles. The highest BCUT2D eigenvalue weighted by Crippen LogP contribution is 2.44. The lowest BCUT2D eigenvalue weighted by Gasteiger charge is -2.28. The first-order valence-corrected chi connectivity index (χ1v) is 9.73. The molecule has 138 valence electrons. The van der Waals surface area contributed by atoms with Crippen molar-refractivity contribution in [1.82, 2.24) is 0 Å². The largest absolute Gasteiger partial charge is 0.490 e. The molecule has 0 bridgehead atoms. The summed E-state index contributed by atoms with van der Waals surface area (Å²) < 4.78 is 12.4. The average Bonchev–Trinajstić information content (AvgIpc) is 2.59. The summed E-state index contributed by atoms with van der Waals surface area (Å²) in [6.07, 6.45) is 0.418. The number of benzene rings is 2. The van der Waals surface area contributed by atoms with E-state index in [-0.39, 0.29) is 11.8 Å². The molecule has 1 aliphatic rings. The molecule has 1 unspecified atom stereocenters. The molecule has 1 amide bonds. The van der Waals surface area contributed by atoms with Gasteiger partial charge in [0.25, 0.3) is 0 Å². The second-order valence-electron chi connectivity index (χ2n) is 6.52. The number of carbonyl (C=O) groups is 1. The number of aryl methyl sites for hydroxylation is 2. The molecule has 0 radical (unpaired) electrons. The van der Waals surface area contributed by atoms with Gasteiger partial charge in [-0.1, -0.05) is 6.07 Å². The lowest BCUT2D eigenvalue weighted by Crippen LogP contribution is -2.24. The summed E-state index contributed by atoms with van der Waals surface area (Å²) in [5, 5.41) is 3.01. The Balaban J connectivity index is 2.12. The fraction of sp³-hybridized carbons (Fsp3) is 0.381. The number of nitrogens with one attached hydrogen (secondary N) is 1. The number of hydrogen-bond donors (Lipinski definition) is 1. The van der Waals surface area contributed by atoms with Crippen LogP contribution in [0.5, 0.6) is 11.5 Å². The normalized spacial score (nSPS) is 16.0. The van der Waals surface area contributed by atoms with Crippen molar-refractivity contribution in [2.45, 2.75) is 40.0 Å². The van der Waals surface area contributed by atoms with Crippen LogP contribution in [0.3, 0.4) is 0 Å². The third-order valence-corrected chi connectivity index (χ3v) is 5.32. The molecule has 0 spiro atoms. The minimum atomic E-state index is -0.00997. The van der Waals surface area contributed by atoms with Gasteiger partial charge in [-0.25, -0.2) is 0 Å². The van der Waals surface area contributed by atoms with Crippen molar-refractivity contribution >= 4 is 27.5 Å². The fourth-order valence-electron chi connectivity index (χ4n) is 3.37. The van der Waals surface area contributed by atoms with Crippen molar-refractivity contribution in [3.8, 4) is 11.5 Å². The molecular formula is C21H24BrNO3. The summed E-state index contributed by atoms with van der Waals surface area (Å²) in [6.45, 7) is 9.17. The molecule has 2 aromatic carbocycles. The Labute approximate surface area is 163 Å². The second-order valence-corrected chi connectivity index (χ2v) is 7.38. The summed E-state index contributed by atoms with van der Waals surface area (Å²) in [5.74, 6) is 1.44. The van der Waals surface area contributed by atoms with E-state index in [1.807, 2.05) is 26.0 Å². The molecule has 2 aromatic rings. The van der Waals surface area contributed by atoms with Crippen molar-refractivity contribution in [2.75, 3.05) is 18.5 Å². The van der Waals surface area contributed by atoms with Crippen molar-refractivity contribution in [2.24, 2.45) is 0 Å². The summed E-state index contributed by atoms with van der Waals surface area (Å²) in [4.78, 5) is 12.3. The number of anilines is 1. The van der Waals surface area contributed by atoms with Gasteiger partial charge >= 0.3 is 0 Å². The van der Waals surface area contributed by atoms with Gasteiger partial charge in [-0.3, -0.25) is 4.79 Å². The molecular weight excluding hydrogens is 394 g/mol. The van der Waals surface area contributed by atoms with E-state index in [4.69, 9.17) is 9.47 Å². The Morgan fingerprint density at radius 2 is 1.77 bits per heavy atom. The quantitative estimate of drug-likeness (QED) is 0.713. The average molecular weight is 418 g/mol. The number of ether oxygens (including phenoxy) is 2. The predicted octanol–water partition coefficient (Wildman–Crippen LogP) is 5.34. The monoisotopic (exact) mass is 417 g/mol. The molecule has 26 heavy (non-hydrogen) atoms. The fourth-order valence-corrected chi connectivity index (χ4v) is 3.94. The van der Waals surface area contributed by atoms with E-state index in [1.165, 1.54) is 11.1 Å². The minimum Gasteiger partial charge on any atom is -0.490 e. The topological polar surface area (TPSA) is 47.6 Å². The Kier molecular flexibility index (Phi) is 5.56. The van der Waals surface area contributed by atoms with Crippen LogP contribution in [-0.4, -0.2) is 19.1 Å². The van der Waals surface area contributed by atoms with Crippen LogP contribution < -0.4 is 14.8 Å². The molecule has 0 saturated heterocycles. The van der Waals surface area contributed by atoms with Crippen LogP contribution >= 0.6 is 15.9 Å². The Morgan fingerprint density at radius 1 is 1.08 bits per heavy atom. The molecule has 0 saturated carbocycles. The third-order valence-electron chi connectivity index (χ3n) is 4.73. The molecule has 1 N–H and O–H groups in total. The number of halogens is 1. The molecule has 0 fully saturated rings. The van der Waals surface area contributed by atoms with E-state index in [1.54, 1.807) is 0 Å². The molecule has 1 aliphatic heterocycles. The maximum Gasteiger partial charge on any atom is 0.225 e. The lowest BCUT2D eigenvalue weighted by atomic mass is 9.83. The van der Waals surface area contributed by atoms with Crippen LogP contribution in [0.15, 0.2) is 28.7 Å². The summed E-state index contributed by atoms with van der Waals surface area (Å²) in [5.41, 5.74) is 5.49. The number of fused-ring (bicyclic) bond motifs is 1. The standard InChI is InChI=1S/C21H24BrNO3/c1-5-25-19-10-14(9-17(22)21(19)26-6-2)15-11-20(24)23-18-8-13(4)12(3)7-16(15)18/h7-10,15H,5-6,11H2,1-4H3,(H,23,24). The molecule has 5 heteroatoms. The highest BCUT2D eigenvalue weighted by Gasteiger charge is 2.28. The van der Waals surface area contributed by atoms with Gasteiger partial charge in [0, 0.05) is 18.0 Å². The van der Waals surface area contributed by atoms with Crippen molar-refractivity contribution in [3.63, 3.8) is 0 Å². The van der Waals surface area contributed by atoms with Gasteiger partial charge in [0.1, 0.15) is 0 Å². The zero-order valence-corrected chi connectivity index (χ0v) is 17.2. The van der Waals surface area contributed by atoms with E-state index in [9.17, 15) is 4.79 Å². The lowest BCUT2D eigenvalue weighted by molar-refractivity contribution is -0.116. The Hall–Kier alpha value is -2.01. The van der Waals surface area contributed by atoms with Crippen LogP contribution in [0.1, 0.15) is 48.4 Å². The first-order chi connectivity index (χ1) is 12.4. The van der Waals surface area contributed by atoms with Crippen molar-refractivity contribution in [3.05, 3.63) is 51.0 Å². The van der Waals surface area contributed by atoms with Gasteiger partial charge in [0.05, 0.1) is 17.7 Å².